The minimum atomic E-state index is 1.33. The molecule has 0 heterocycles. The Morgan fingerprint density at radius 1 is 1.00 bits per heavy atom. The first kappa shape index (κ1) is 8.05. The Kier molecular flexibility index (Phi) is 2.05. The molecule has 0 saturated heterocycles. The molecule has 0 aliphatic heterocycles. The van der Waals surface area contributed by atoms with E-state index < -0.39 is 0 Å². The Morgan fingerprint density at radius 3 is 2.58 bits per heavy atom. The Bertz CT molecular complexity index is 418. The second-order valence-electron chi connectivity index (χ2n) is 2.89. The van der Waals surface area contributed by atoms with Gasteiger partial charge in [-0.05, 0) is 51.9 Å². The number of aryl methyl sites for hydroxylation is 1. The third kappa shape index (κ3) is 1.22. The fourth-order valence-electron chi connectivity index (χ4n) is 1.40. The molecule has 0 aliphatic rings. The first-order chi connectivity index (χ1) is 5.79. The molecule has 0 N–H and O–H groups in total. The minimum absolute atomic E-state index is 1.33. The van der Waals surface area contributed by atoms with Crippen LogP contribution in [0.15, 0.2) is 36.4 Å². The molecule has 0 saturated carbocycles. The fourth-order valence-corrected chi connectivity index (χ4v) is 1.87. The van der Waals surface area contributed by atoms with Gasteiger partial charge < -0.3 is 0 Å². The van der Waals surface area contributed by atoms with Crippen molar-refractivity contribution >= 4 is 33.4 Å². The Hall–Kier alpha value is -0.570. The van der Waals surface area contributed by atoms with Gasteiger partial charge in [-0.15, -0.1) is 0 Å². The lowest BCUT2D eigenvalue weighted by Crippen LogP contribution is -1.81. The predicted molar refractivity (Wildman–Crippen MR) is 61.4 cm³/mol. The predicted octanol–water partition coefficient (Wildman–Crippen LogP) is 3.75. The zero-order valence-corrected chi connectivity index (χ0v) is 9.00. The molecular weight excluding hydrogens is 259 g/mol. The van der Waals surface area contributed by atoms with Gasteiger partial charge in [0.2, 0.25) is 0 Å². The van der Waals surface area contributed by atoms with Crippen LogP contribution >= 0.6 is 22.6 Å². The first-order valence-electron chi connectivity index (χ1n) is 3.93. The van der Waals surface area contributed by atoms with Gasteiger partial charge in [0.25, 0.3) is 0 Å². The number of fused-ring (bicyclic) bond motifs is 1. The largest absolute Gasteiger partial charge is 0.0616 e. The Balaban J connectivity index is 2.91. The average Bonchev–Trinajstić information content (AvgIpc) is 2.12. The minimum Gasteiger partial charge on any atom is -0.0616 e. The lowest BCUT2D eigenvalue weighted by Gasteiger charge is -2.02. The van der Waals surface area contributed by atoms with Crippen LogP contribution in [0.1, 0.15) is 5.56 Å². The van der Waals surface area contributed by atoms with E-state index in [-0.39, 0.29) is 0 Å². The second kappa shape index (κ2) is 3.05. The summed E-state index contributed by atoms with van der Waals surface area (Å²) in [5.74, 6) is 0. The van der Waals surface area contributed by atoms with E-state index in [4.69, 9.17) is 0 Å². The van der Waals surface area contributed by atoms with Gasteiger partial charge in [0.1, 0.15) is 0 Å². The Labute approximate surface area is 85.7 Å². The zero-order chi connectivity index (χ0) is 8.55. The lowest BCUT2D eigenvalue weighted by atomic mass is 10.1. The van der Waals surface area contributed by atoms with Gasteiger partial charge in [0.15, 0.2) is 0 Å². The van der Waals surface area contributed by atoms with Crippen molar-refractivity contribution in [2.24, 2.45) is 0 Å². The van der Waals surface area contributed by atoms with Crippen molar-refractivity contribution in [3.63, 3.8) is 0 Å². The van der Waals surface area contributed by atoms with E-state index in [0.717, 1.165) is 0 Å². The normalized spacial score (nSPS) is 10.5. The molecule has 12 heavy (non-hydrogen) atoms. The molecule has 0 fully saturated rings. The molecule has 2 rings (SSSR count). The van der Waals surface area contributed by atoms with Crippen molar-refractivity contribution in [2.75, 3.05) is 0 Å². The van der Waals surface area contributed by atoms with Crippen LogP contribution in [0.4, 0.5) is 0 Å². The molecule has 60 valence electrons. The summed E-state index contributed by atoms with van der Waals surface area (Å²) in [6.45, 7) is 2.17. The molecule has 2 aromatic rings. The molecule has 0 spiro atoms. The smallest absolute Gasteiger partial charge is 0.0165 e. The van der Waals surface area contributed by atoms with Gasteiger partial charge in [-0.2, -0.15) is 0 Å². The summed E-state index contributed by atoms with van der Waals surface area (Å²) in [7, 11) is 0. The lowest BCUT2D eigenvalue weighted by molar-refractivity contribution is 1.48. The third-order valence-corrected chi connectivity index (χ3v) is 3.30. The summed E-state index contributed by atoms with van der Waals surface area (Å²) >= 11 is 2.37. The molecule has 0 radical (unpaired) electrons. The zero-order valence-electron chi connectivity index (χ0n) is 6.84. The van der Waals surface area contributed by atoms with Crippen molar-refractivity contribution in [3.8, 4) is 0 Å². The van der Waals surface area contributed by atoms with Crippen LogP contribution in [0.3, 0.4) is 0 Å². The molecular formula is C11H9I. The van der Waals surface area contributed by atoms with Gasteiger partial charge in [0, 0.05) is 3.57 Å². The van der Waals surface area contributed by atoms with Crippen LogP contribution in [-0.4, -0.2) is 0 Å². The van der Waals surface area contributed by atoms with Gasteiger partial charge in [0.05, 0.1) is 0 Å². The molecule has 0 unspecified atom stereocenters. The molecule has 2 aromatic carbocycles. The monoisotopic (exact) mass is 268 g/mol. The molecule has 0 aromatic heterocycles. The Morgan fingerprint density at radius 2 is 1.75 bits per heavy atom. The van der Waals surface area contributed by atoms with Crippen molar-refractivity contribution < 1.29 is 0 Å². The van der Waals surface area contributed by atoms with Gasteiger partial charge in [-0.3, -0.25) is 0 Å². The number of rotatable bonds is 0. The maximum absolute atomic E-state index is 2.37. The fraction of sp³-hybridized carbons (Fsp3) is 0.0909. The number of benzene rings is 2. The summed E-state index contributed by atoms with van der Waals surface area (Å²) in [5, 5.41) is 2.69. The standard InChI is InChI=1S/C11H9I/c1-8-10-5-3-2-4-9(10)6-7-11(8)12/h2-7H,1H3. The molecule has 0 aliphatic carbocycles. The second-order valence-corrected chi connectivity index (χ2v) is 4.06. The van der Waals surface area contributed by atoms with E-state index in [9.17, 15) is 0 Å². The number of halogens is 1. The van der Waals surface area contributed by atoms with E-state index in [1.165, 1.54) is 19.9 Å². The maximum atomic E-state index is 2.37. The average molecular weight is 268 g/mol. The van der Waals surface area contributed by atoms with Crippen LogP contribution in [0, 0.1) is 10.5 Å². The first-order valence-corrected chi connectivity index (χ1v) is 5.01. The summed E-state index contributed by atoms with van der Waals surface area (Å²) < 4.78 is 1.34. The van der Waals surface area contributed by atoms with Crippen molar-refractivity contribution in [2.45, 2.75) is 6.92 Å². The van der Waals surface area contributed by atoms with Crippen LogP contribution < -0.4 is 0 Å². The summed E-state index contributed by atoms with van der Waals surface area (Å²) in [6, 6.07) is 12.8. The van der Waals surface area contributed by atoms with Crippen LogP contribution in [-0.2, 0) is 0 Å². The molecule has 0 nitrogen and oxygen atoms in total. The molecule has 0 atom stereocenters. The van der Waals surface area contributed by atoms with E-state index >= 15 is 0 Å². The van der Waals surface area contributed by atoms with Crippen LogP contribution in [0.25, 0.3) is 10.8 Å². The van der Waals surface area contributed by atoms with E-state index in [1.807, 2.05) is 0 Å². The van der Waals surface area contributed by atoms with Crippen molar-refractivity contribution in [1.29, 1.82) is 0 Å². The maximum Gasteiger partial charge on any atom is 0.0165 e. The third-order valence-electron chi connectivity index (χ3n) is 2.13. The van der Waals surface area contributed by atoms with E-state index in [2.05, 4.69) is 65.9 Å². The van der Waals surface area contributed by atoms with Gasteiger partial charge in [-0.25, -0.2) is 0 Å². The molecule has 0 amide bonds. The molecule has 0 bridgehead atoms. The van der Waals surface area contributed by atoms with E-state index in [1.54, 1.807) is 0 Å². The van der Waals surface area contributed by atoms with E-state index in [0.29, 0.717) is 0 Å². The van der Waals surface area contributed by atoms with Gasteiger partial charge >= 0.3 is 0 Å². The topological polar surface area (TPSA) is 0 Å². The summed E-state index contributed by atoms with van der Waals surface area (Å²) in [4.78, 5) is 0. The van der Waals surface area contributed by atoms with Crippen LogP contribution in [0.2, 0.25) is 0 Å². The summed E-state index contributed by atoms with van der Waals surface area (Å²) in [5.41, 5.74) is 1.38. The van der Waals surface area contributed by atoms with Crippen molar-refractivity contribution in [1.82, 2.24) is 0 Å². The number of hydrogen-bond acceptors (Lipinski definition) is 0. The van der Waals surface area contributed by atoms with Gasteiger partial charge in [-0.1, -0.05) is 30.3 Å². The summed E-state index contributed by atoms with van der Waals surface area (Å²) in [6.07, 6.45) is 0. The quantitative estimate of drug-likeness (QED) is 0.638. The van der Waals surface area contributed by atoms with Crippen molar-refractivity contribution in [3.05, 3.63) is 45.5 Å². The highest BCUT2D eigenvalue weighted by molar-refractivity contribution is 14.1. The highest BCUT2D eigenvalue weighted by atomic mass is 127. The molecule has 1 heteroatoms. The highest BCUT2D eigenvalue weighted by Gasteiger charge is 1.98. The highest BCUT2D eigenvalue weighted by Crippen LogP contribution is 2.22. The van der Waals surface area contributed by atoms with Crippen LogP contribution in [0.5, 0.6) is 0 Å². The SMILES string of the molecule is Cc1c(I)ccc2ccccc12. The number of hydrogen-bond donors (Lipinski definition) is 0.